The number of ether oxygens (including phenoxy) is 2. The van der Waals surface area contributed by atoms with E-state index in [9.17, 15) is 9.90 Å². The minimum atomic E-state index is -0.977. The molecule has 12 nitrogen and oxygen atoms in total. The molecule has 2 fully saturated rings. The van der Waals surface area contributed by atoms with E-state index in [0.29, 0.717) is 66.9 Å². The fraction of sp³-hybridized carbons (Fsp3) is 0.438. The lowest BCUT2D eigenvalue weighted by Gasteiger charge is -2.65. The van der Waals surface area contributed by atoms with Crippen LogP contribution in [-0.2, 0) is 17.7 Å². The highest BCUT2D eigenvalue weighted by atomic mass is 35.5. The van der Waals surface area contributed by atoms with Gasteiger partial charge in [0.1, 0.15) is 34.7 Å². The molecule has 15 heteroatoms. The number of nitrogens with two attached hydrogens (primary N) is 3. The zero-order valence-electron chi connectivity index (χ0n) is 26.3. The predicted octanol–water partition coefficient (Wildman–Crippen LogP) is 3.07. The number of benzene rings is 2. The Morgan fingerprint density at radius 2 is 2.11 bits per heavy atom. The lowest BCUT2D eigenvalue weighted by Crippen LogP contribution is -2.86. The fourth-order valence-electron chi connectivity index (χ4n) is 7.30. The Bertz CT molecular complexity index is 1720. The van der Waals surface area contributed by atoms with Gasteiger partial charge in [-0.15, -0.1) is 0 Å². The van der Waals surface area contributed by atoms with Gasteiger partial charge in [-0.05, 0) is 56.1 Å². The number of rotatable bonds is 6. The van der Waals surface area contributed by atoms with E-state index in [0.717, 1.165) is 22.3 Å². The molecule has 7 N–H and O–H groups in total. The van der Waals surface area contributed by atoms with E-state index in [1.807, 2.05) is 25.1 Å². The maximum atomic E-state index is 15.4. The molecule has 1 aromatic heterocycles. The number of likely N-dealkylation sites (N-methyl/N-ethyl adjacent to an activating group) is 1. The number of anilines is 1. The van der Waals surface area contributed by atoms with E-state index in [1.165, 1.54) is 6.07 Å². The molecule has 3 atom stereocenters. The number of aliphatic hydroxyl groups excluding tert-OH is 1. The summed E-state index contributed by atoms with van der Waals surface area (Å²) >= 11 is 13.1. The van der Waals surface area contributed by atoms with E-state index >= 15 is 4.39 Å². The Morgan fingerprint density at radius 1 is 1.32 bits per heavy atom. The molecule has 0 bridgehead atoms. The van der Waals surface area contributed by atoms with Crippen LogP contribution in [0.1, 0.15) is 17.5 Å². The number of nitrogens with zero attached hydrogens (tertiary/aromatic N) is 5. The number of amides is 2. The summed E-state index contributed by atoms with van der Waals surface area (Å²) < 4.78 is 28.0. The van der Waals surface area contributed by atoms with Gasteiger partial charge in [0, 0.05) is 42.8 Å². The number of urea groups is 1. The Morgan fingerprint density at radius 3 is 2.83 bits per heavy atom. The van der Waals surface area contributed by atoms with Crippen molar-refractivity contribution in [1.82, 2.24) is 24.7 Å². The van der Waals surface area contributed by atoms with Crippen LogP contribution in [0, 0.1) is 5.82 Å². The van der Waals surface area contributed by atoms with Crippen molar-refractivity contribution in [2.45, 2.75) is 37.0 Å². The van der Waals surface area contributed by atoms with Crippen LogP contribution in [0.25, 0.3) is 22.0 Å². The number of nitrogen functional groups attached to an aromatic ring is 1. The van der Waals surface area contributed by atoms with Gasteiger partial charge in [-0.25, -0.2) is 25.0 Å². The van der Waals surface area contributed by atoms with Gasteiger partial charge in [-0.3, -0.25) is 4.90 Å². The normalized spacial score (nSPS) is 23.1. The summed E-state index contributed by atoms with van der Waals surface area (Å²) in [5, 5.41) is 12.7. The zero-order chi connectivity index (χ0) is 33.6. The molecular weight excluding hydrogens is 650 g/mol. The number of hydrogen-bond acceptors (Lipinski definition) is 10. The molecule has 2 saturated heterocycles. The van der Waals surface area contributed by atoms with Gasteiger partial charge in [-0.1, -0.05) is 35.3 Å². The summed E-state index contributed by atoms with van der Waals surface area (Å²) in [5.41, 5.74) is 13.4. The van der Waals surface area contributed by atoms with Crippen LogP contribution in [0.5, 0.6) is 5.75 Å². The number of hydrogen-bond donors (Lipinski definition) is 4. The van der Waals surface area contributed by atoms with Crippen molar-refractivity contribution < 1.29 is 23.8 Å². The second-order valence-corrected chi connectivity index (χ2v) is 13.3. The van der Waals surface area contributed by atoms with Gasteiger partial charge in [0.15, 0.2) is 0 Å². The van der Waals surface area contributed by atoms with Gasteiger partial charge in [0.05, 0.1) is 42.2 Å². The van der Waals surface area contributed by atoms with Crippen molar-refractivity contribution in [3.05, 3.63) is 63.7 Å². The fourth-order valence-corrected chi connectivity index (χ4v) is 7.79. The van der Waals surface area contributed by atoms with Crippen LogP contribution in [0.2, 0.25) is 5.02 Å². The number of carbonyl (C=O) groups excluding carboxylic acids is 1. The average Bonchev–Trinajstić information content (AvgIpc) is 3.34. The van der Waals surface area contributed by atoms with Crippen LogP contribution in [0.3, 0.4) is 0 Å². The third-order valence-electron chi connectivity index (χ3n) is 9.36. The molecule has 252 valence electrons. The van der Waals surface area contributed by atoms with Gasteiger partial charge < -0.3 is 35.8 Å². The summed E-state index contributed by atoms with van der Waals surface area (Å²) in [6.45, 7) is 1.83. The largest absolute Gasteiger partial charge is 0.490 e. The first-order valence-electron chi connectivity index (χ1n) is 15.4. The second kappa shape index (κ2) is 13.2. The van der Waals surface area contributed by atoms with Gasteiger partial charge in [0.2, 0.25) is 0 Å². The first-order chi connectivity index (χ1) is 22.5. The highest BCUT2D eigenvalue weighted by Crippen LogP contribution is 2.50. The van der Waals surface area contributed by atoms with Gasteiger partial charge >= 0.3 is 6.03 Å². The molecule has 0 saturated carbocycles. The molecule has 3 aliphatic heterocycles. The van der Waals surface area contributed by atoms with E-state index in [1.54, 1.807) is 23.1 Å². The van der Waals surface area contributed by atoms with Crippen LogP contribution in [-0.4, -0.2) is 107 Å². The van der Waals surface area contributed by atoms with Gasteiger partial charge in [0.25, 0.3) is 0 Å². The lowest BCUT2D eigenvalue weighted by molar-refractivity contribution is -0.189. The smallest absolute Gasteiger partial charge is 0.339 e. The first-order valence-corrected chi connectivity index (χ1v) is 16.1. The molecule has 2 amide bonds. The third kappa shape index (κ3) is 5.84. The first kappa shape index (κ1) is 33.5. The Hall–Kier alpha value is -3.43. The molecule has 0 radical (unpaired) electrons. The minimum absolute atomic E-state index is 0.115. The Labute approximate surface area is 282 Å². The van der Waals surface area contributed by atoms with Gasteiger partial charge in [-0.2, -0.15) is 0 Å². The van der Waals surface area contributed by atoms with E-state index in [2.05, 4.69) is 9.88 Å². The van der Waals surface area contributed by atoms with Crippen LogP contribution < -0.4 is 22.0 Å². The average molecular weight is 690 g/mol. The van der Waals surface area contributed by atoms with Crippen LogP contribution in [0.15, 0.2) is 41.7 Å². The maximum absolute atomic E-state index is 15.4. The highest BCUT2D eigenvalue weighted by molar-refractivity contribution is 6.35. The summed E-state index contributed by atoms with van der Waals surface area (Å²) in [6, 6.07) is 7.01. The lowest BCUT2D eigenvalue weighted by atomic mass is 9.71. The molecule has 2 aromatic carbocycles. The minimum Gasteiger partial charge on any atom is -0.490 e. The maximum Gasteiger partial charge on any atom is 0.339 e. The van der Waals surface area contributed by atoms with Crippen molar-refractivity contribution in [2.24, 2.45) is 11.6 Å². The third-order valence-corrected chi connectivity index (χ3v) is 9.82. The summed E-state index contributed by atoms with van der Waals surface area (Å²) in [7, 11) is 3.94. The number of carbonyl (C=O) groups is 1. The molecule has 4 heterocycles. The van der Waals surface area contributed by atoms with Crippen molar-refractivity contribution in [3.63, 3.8) is 0 Å². The summed E-state index contributed by atoms with van der Waals surface area (Å²) in [6.07, 6.45) is 2.29. The van der Waals surface area contributed by atoms with Crippen molar-refractivity contribution >= 4 is 45.8 Å². The molecule has 0 aliphatic carbocycles. The number of aliphatic hydroxyl groups is 1. The number of halogens is 3. The number of fused-ring (bicyclic) bond motifs is 4. The molecule has 3 aromatic rings. The van der Waals surface area contributed by atoms with E-state index in [4.69, 9.17) is 50.0 Å². The van der Waals surface area contributed by atoms with Crippen molar-refractivity contribution in [3.8, 4) is 17.0 Å². The molecule has 3 aliphatic rings. The summed E-state index contributed by atoms with van der Waals surface area (Å²) in [5.74, 6) is 6.29. The van der Waals surface area contributed by atoms with Crippen LogP contribution in [0.4, 0.5) is 15.0 Å². The van der Waals surface area contributed by atoms with Crippen LogP contribution >= 0.6 is 23.2 Å². The molecule has 6 rings (SSSR count). The molecular formula is C32H39Cl2FN8O4. The predicted molar refractivity (Wildman–Crippen MR) is 179 cm³/mol. The van der Waals surface area contributed by atoms with Crippen molar-refractivity contribution in [1.29, 1.82) is 0 Å². The van der Waals surface area contributed by atoms with E-state index in [-0.39, 0.29) is 35.8 Å². The molecule has 3 unspecified atom stereocenters. The Balaban J connectivity index is 1.46. The van der Waals surface area contributed by atoms with E-state index < -0.39 is 29.5 Å². The standard InChI is InChI=1S/C32H39Cl2FN8O4/c1-40(2)9-7-19-11-20-13-41-22(15-44)32(17-46-10-4-8-42(32)31(45)43(38)14-24(33)36)23(41)16-47-30(20)28(34)27(19)29-26-18(12-25(37)39-29)5-3-6-21(26)35/h3,5-6,11-12,14,22-23,44H,4,7-10,13,15-17,36,38H2,1-2H3,(H2,37,39)/b24-14-. The number of aromatic nitrogens is 1. The number of pyridine rings is 1. The Kier molecular flexibility index (Phi) is 9.42. The number of hydrazine groups is 1. The second-order valence-electron chi connectivity index (χ2n) is 12.5. The van der Waals surface area contributed by atoms with Crippen molar-refractivity contribution in [2.75, 3.05) is 59.3 Å². The quantitative estimate of drug-likeness (QED) is 0.131. The highest BCUT2D eigenvalue weighted by Gasteiger charge is 2.66. The zero-order valence-corrected chi connectivity index (χ0v) is 27.8. The summed E-state index contributed by atoms with van der Waals surface area (Å²) in [4.78, 5) is 24.1. The monoisotopic (exact) mass is 688 g/mol. The molecule has 1 spiro atoms. The SMILES string of the molecule is CN(C)CCc1cc2c(c(Cl)c1-c1nc(N)cc3cccc(F)c13)OCC1N(C2)C(CO)C12COCCCN2C(=O)N(N)/C=C(\N)Cl. The topological polar surface area (TPSA) is 160 Å². The molecule has 47 heavy (non-hydrogen) atoms.